The topological polar surface area (TPSA) is 813 Å². The van der Waals surface area contributed by atoms with Crippen molar-refractivity contribution in [1.82, 2.24) is 0 Å². The number of aromatic hydroxyl groups is 32. The molecule has 0 aliphatic carbocycles. The molecular weight excluding hydrogens is 1870 g/mol. The Balaban J connectivity index is 0.918. The Morgan fingerprint density at radius 1 is 0.227 bits per heavy atom. The Morgan fingerprint density at radius 3 is 0.922 bits per heavy atom. The quantitative estimate of drug-likeness (QED) is 0.0258. The van der Waals surface area contributed by atoms with E-state index in [-0.39, 0.29) is 11.1 Å². The van der Waals surface area contributed by atoms with Gasteiger partial charge in [0.1, 0.15) is 105 Å². The van der Waals surface area contributed by atoms with Gasteiger partial charge in [0.15, 0.2) is 169 Å². The molecule has 0 saturated heterocycles. The minimum atomic E-state index is -2.72. The summed E-state index contributed by atoms with van der Waals surface area (Å²) in [4.78, 5) is 44.9. The molecule has 0 saturated carbocycles. The molecule has 5 heterocycles. The molecular formula is C96H74O45. The summed E-state index contributed by atoms with van der Waals surface area (Å²) in [6.45, 7) is 0. The number of aliphatic hydroxyl groups is 2. The van der Waals surface area contributed by atoms with Gasteiger partial charge in [-0.25, -0.2) is 14.4 Å². The van der Waals surface area contributed by atoms with Gasteiger partial charge in [0, 0.05) is 110 Å². The van der Waals surface area contributed by atoms with Crippen molar-refractivity contribution in [3.8, 4) is 213 Å². The van der Waals surface area contributed by atoms with Crippen molar-refractivity contribution in [2.24, 2.45) is 0 Å². The van der Waals surface area contributed by atoms with Crippen LogP contribution in [0.15, 0.2) is 146 Å². The van der Waals surface area contributed by atoms with Crippen LogP contribution in [-0.4, -0.2) is 222 Å². The maximum Gasteiger partial charge on any atom is 0.338 e. The molecule has 0 amide bonds. The third kappa shape index (κ3) is 15.2. The van der Waals surface area contributed by atoms with Crippen molar-refractivity contribution in [2.45, 2.75) is 91.1 Å². The van der Waals surface area contributed by atoms with E-state index in [1.807, 2.05) is 0 Å². The SMILES string of the molecule is O=C(O[C@@H]1[C@@H](c2c(O)cc(O)c3c2O[C@H](c2ccc(O)c(O)c2)[C@H](O)[C@H]3c2c(O)cc3c(c2O)C[C@@H](OC(=O)c2cc(O)c(O)c(O)c2)[C@@H](c2cc(O)c(O)c(O)c2)O3)c2c(O)cc(O)c([C@H]3c4c(cc(O)c([C@H]5c6c(O)cc(O)cc6O[C@H](c6cc(O)c(O)c(O)c6)[C@@H]5OC(=O)c5cc(O)c(O)c(O)c5)c4O)O[C@H](c4ccc(O)c(O)c4)[C@@H]3O)c2O[C@@H]1c1cc(O)c(O)c(O)c1)c1cc(O)c(O)c(O)c1. The van der Waals surface area contributed by atoms with E-state index in [1.54, 1.807) is 0 Å². The molecule has 18 rings (SSSR count). The van der Waals surface area contributed by atoms with Gasteiger partial charge in [-0.2, -0.15) is 0 Å². The second-order valence-electron chi connectivity index (χ2n) is 33.5. The standard InChI is InChI=1S/C96H74O45/c97-34-19-40(102)63-60(20-34)136-88(29-9-49(111)77(123)50(112)10-29)92(140-95(132)32-15-55(117)80(126)56(118)16-32)73(63)65-46(108)25-61-70(82(65)128)72(84(130)86(135-61)26-1-3-36(98)38(100)5-26)67-42(104)23-44(106)69-74(93(141-96(133)33-17-57(119)81(127)58(120)18-33)89(139-91(67)69)30-11-51(113)78(124)52(114)12-30)68-43(105)22-41(103)66-71(83(129)87(138-90(66)68)27-2-4-37(99)39(101)6-27)64-45(107)24-59-35(75(64)121)21-62(85(134-59)28-7-47(109)76(122)48(110)8-28)137-94(131)31-13-53(115)79(125)54(116)14-31/h1-20,22-25,62,71-74,83-89,92-93,97-130H,21H2/t62-,71+,72+,73-,74+,83-,84-,85-,86-,87-,88-,89-,92-,93-/m1/s1. The van der Waals surface area contributed by atoms with Gasteiger partial charge in [-0.1, -0.05) is 12.1 Å². The van der Waals surface area contributed by atoms with E-state index >= 15 is 4.79 Å². The molecule has 0 unspecified atom stereocenters. The van der Waals surface area contributed by atoms with Crippen molar-refractivity contribution in [3.05, 3.63) is 240 Å². The van der Waals surface area contributed by atoms with Gasteiger partial charge in [-0.3, -0.25) is 0 Å². The highest BCUT2D eigenvalue weighted by Crippen LogP contribution is 2.68. The molecule has 0 bridgehead atoms. The average molecular weight is 1950 g/mol. The van der Waals surface area contributed by atoms with Crippen LogP contribution >= 0.6 is 0 Å². The number of benzene rings is 13. The lowest BCUT2D eigenvalue weighted by Crippen LogP contribution is -2.41. The predicted molar refractivity (Wildman–Crippen MR) is 465 cm³/mol. The van der Waals surface area contributed by atoms with E-state index in [9.17, 15) is 183 Å². The summed E-state index contributed by atoms with van der Waals surface area (Å²) in [5.41, 5.74) is -13.4. The number of phenols is 32. The Morgan fingerprint density at radius 2 is 0.518 bits per heavy atom. The van der Waals surface area contributed by atoms with Crippen molar-refractivity contribution in [1.29, 1.82) is 0 Å². The lowest BCUT2D eigenvalue weighted by atomic mass is 9.71. The van der Waals surface area contributed by atoms with E-state index in [4.69, 9.17) is 37.9 Å². The molecule has 34 N–H and O–H groups in total. The Bertz CT molecular complexity index is 7360. The van der Waals surface area contributed by atoms with Gasteiger partial charge in [0.05, 0.1) is 40.4 Å². The zero-order valence-corrected chi connectivity index (χ0v) is 70.8. The zero-order chi connectivity index (χ0) is 101. The van der Waals surface area contributed by atoms with Crippen molar-refractivity contribution < 1.29 is 226 Å². The molecule has 45 nitrogen and oxygen atoms in total. The molecule has 14 atom stereocenters. The van der Waals surface area contributed by atoms with Crippen LogP contribution in [0.1, 0.15) is 163 Å². The number of phenolic OH excluding ortho intramolecular Hbond substituents is 32. The fourth-order valence-corrected chi connectivity index (χ4v) is 18.6. The fraction of sp³-hybridized carbons (Fsp3) is 0.156. The number of esters is 3. The van der Waals surface area contributed by atoms with E-state index in [0.717, 1.165) is 72.8 Å². The van der Waals surface area contributed by atoms with Crippen LogP contribution < -0.4 is 23.7 Å². The van der Waals surface area contributed by atoms with Crippen LogP contribution in [0.4, 0.5) is 0 Å². The molecule has 45 heteroatoms. The molecule has 0 spiro atoms. The first-order valence-corrected chi connectivity index (χ1v) is 41.4. The van der Waals surface area contributed by atoms with Crippen molar-refractivity contribution in [3.63, 3.8) is 0 Å². The van der Waals surface area contributed by atoms with Crippen LogP contribution in [-0.2, 0) is 20.6 Å². The molecule has 13 aromatic carbocycles. The largest absolute Gasteiger partial charge is 0.508 e. The molecule has 141 heavy (non-hydrogen) atoms. The number of ether oxygens (including phenoxy) is 8. The highest BCUT2D eigenvalue weighted by atomic mass is 16.6. The maximum atomic E-state index is 15.6. The number of rotatable bonds is 15. The van der Waals surface area contributed by atoms with E-state index in [2.05, 4.69) is 0 Å². The lowest BCUT2D eigenvalue weighted by Gasteiger charge is -2.45. The highest BCUT2D eigenvalue weighted by Gasteiger charge is 2.57. The first-order chi connectivity index (χ1) is 66.7. The summed E-state index contributed by atoms with van der Waals surface area (Å²) in [5, 5.41) is 397. The Hall–Kier alpha value is -19.2. The number of carbonyl (C=O) groups excluding carboxylic acids is 3. The van der Waals surface area contributed by atoms with Crippen LogP contribution in [0, 0.1) is 0 Å². The van der Waals surface area contributed by atoms with Gasteiger partial charge >= 0.3 is 17.9 Å². The second kappa shape index (κ2) is 33.7. The highest BCUT2D eigenvalue weighted by molar-refractivity contribution is 5.93. The average Bonchev–Trinajstić information content (AvgIpc) is 0.698. The van der Waals surface area contributed by atoms with Gasteiger partial charge in [-0.15, -0.1) is 0 Å². The molecule has 0 aromatic heterocycles. The van der Waals surface area contributed by atoms with Crippen LogP contribution in [0.3, 0.4) is 0 Å². The second-order valence-corrected chi connectivity index (χ2v) is 33.5. The maximum absolute atomic E-state index is 15.6. The summed E-state index contributed by atoms with van der Waals surface area (Å²) in [6.07, 6.45) is -24.3. The minimum absolute atomic E-state index is 0.336. The molecule has 728 valence electrons. The number of aliphatic hydroxyl groups excluding tert-OH is 2. The summed E-state index contributed by atoms with van der Waals surface area (Å²) >= 11 is 0. The lowest BCUT2D eigenvalue weighted by molar-refractivity contribution is -0.0307. The van der Waals surface area contributed by atoms with E-state index in [0.29, 0.717) is 72.8 Å². The first-order valence-electron chi connectivity index (χ1n) is 41.4. The Labute approximate surface area is 784 Å². The van der Waals surface area contributed by atoms with Gasteiger partial charge in [0.25, 0.3) is 0 Å². The van der Waals surface area contributed by atoms with E-state index in [1.165, 1.54) is 0 Å². The van der Waals surface area contributed by atoms with Gasteiger partial charge in [0.2, 0.25) is 0 Å². The zero-order valence-electron chi connectivity index (χ0n) is 70.8. The third-order valence-corrected chi connectivity index (χ3v) is 25.1. The smallest absolute Gasteiger partial charge is 0.338 e. The van der Waals surface area contributed by atoms with Crippen LogP contribution in [0.2, 0.25) is 0 Å². The van der Waals surface area contributed by atoms with Crippen molar-refractivity contribution >= 4 is 17.9 Å². The molecule has 0 fully saturated rings. The first kappa shape index (κ1) is 92.2. The molecule has 0 radical (unpaired) electrons. The number of hydrogen-bond acceptors (Lipinski definition) is 45. The van der Waals surface area contributed by atoms with Gasteiger partial charge < -0.3 is 212 Å². The third-order valence-electron chi connectivity index (χ3n) is 25.1. The predicted octanol–water partition coefficient (Wildman–Crippen LogP) is 9.40. The monoisotopic (exact) mass is 1950 g/mol. The van der Waals surface area contributed by atoms with Gasteiger partial charge in [-0.05, 0) is 108 Å². The summed E-state index contributed by atoms with van der Waals surface area (Å²) in [6, 6.07) is 16.8. The summed E-state index contributed by atoms with van der Waals surface area (Å²) in [5.74, 6) is -56.4. The molecule has 5 aliphatic heterocycles. The number of hydrogen-bond donors (Lipinski definition) is 34. The Kier molecular flexibility index (Phi) is 22.0. The summed E-state index contributed by atoms with van der Waals surface area (Å²) < 4.78 is 51.4. The minimum Gasteiger partial charge on any atom is -0.508 e. The number of fused-ring (bicyclic) bond motifs is 5. The van der Waals surface area contributed by atoms with Crippen LogP contribution in [0.5, 0.6) is 213 Å². The normalized spacial score (nSPS) is 20.8. The van der Waals surface area contributed by atoms with Crippen molar-refractivity contribution in [2.75, 3.05) is 0 Å². The molecule has 5 aliphatic rings. The number of carbonyl (C=O) groups is 3. The summed E-state index contributed by atoms with van der Waals surface area (Å²) in [7, 11) is 0. The fourth-order valence-electron chi connectivity index (χ4n) is 18.6. The van der Waals surface area contributed by atoms with E-state index < -0.39 is 405 Å². The molecule has 13 aromatic rings. The van der Waals surface area contributed by atoms with Crippen LogP contribution in [0.25, 0.3) is 0 Å².